The number of fused-ring (bicyclic) bond motifs is 1. The molecule has 0 amide bonds. The van der Waals surface area contributed by atoms with E-state index in [0.717, 1.165) is 42.7 Å². The van der Waals surface area contributed by atoms with E-state index in [1.807, 2.05) is 0 Å². The molecule has 2 aliphatic rings. The fraction of sp³-hybridized carbons (Fsp3) is 0.625. The Bertz CT molecular complexity index is 634. The molecule has 2 aromatic heterocycles. The number of aromatic nitrogens is 2. The molecular weight excluding hydrogens is 294 g/mol. The van der Waals surface area contributed by atoms with Gasteiger partial charge in [0.25, 0.3) is 0 Å². The predicted molar refractivity (Wildman–Crippen MR) is 91.7 cm³/mol. The lowest BCUT2D eigenvalue weighted by Gasteiger charge is -2.36. The van der Waals surface area contributed by atoms with Crippen LogP contribution in [0.5, 0.6) is 0 Å². The van der Waals surface area contributed by atoms with Crippen LogP contribution in [0.25, 0.3) is 10.2 Å². The van der Waals surface area contributed by atoms with E-state index in [1.54, 1.807) is 17.7 Å². The molecule has 0 saturated carbocycles. The van der Waals surface area contributed by atoms with Crippen molar-refractivity contribution >= 4 is 27.4 Å². The molecule has 5 nitrogen and oxygen atoms in total. The molecule has 2 fully saturated rings. The smallest absolute Gasteiger partial charge is 0.140 e. The Balaban J connectivity index is 1.38. The van der Waals surface area contributed by atoms with Gasteiger partial charge in [0.15, 0.2) is 0 Å². The molecule has 0 spiro atoms. The first-order valence-electron chi connectivity index (χ1n) is 8.13. The molecule has 1 unspecified atom stereocenters. The molecule has 0 N–H and O–H groups in total. The SMILES string of the molecule is CN1CCC(CN2CCN(c3ncnc4sccc34)CC2)C1. The van der Waals surface area contributed by atoms with E-state index >= 15 is 0 Å². The third kappa shape index (κ3) is 2.83. The second kappa shape index (κ2) is 6.10. The highest BCUT2D eigenvalue weighted by Gasteiger charge is 2.25. The fourth-order valence-corrected chi connectivity index (χ4v) is 4.44. The van der Waals surface area contributed by atoms with Crippen molar-refractivity contribution in [2.45, 2.75) is 6.42 Å². The van der Waals surface area contributed by atoms with Gasteiger partial charge in [-0.15, -0.1) is 11.3 Å². The zero-order valence-corrected chi connectivity index (χ0v) is 13.9. The van der Waals surface area contributed by atoms with Crippen LogP contribution in [0.15, 0.2) is 17.8 Å². The van der Waals surface area contributed by atoms with Gasteiger partial charge >= 0.3 is 0 Å². The second-order valence-corrected chi connectivity index (χ2v) is 7.44. The Morgan fingerprint density at radius 1 is 1.18 bits per heavy atom. The highest BCUT2D eigenvalue weighted by atomic mass is 32.1. The van der Waals surface area contributed by atoms with Gasteiger partial charge in [0.05, 0.1) is 5.39 Å². The molecule has 4 rings (SSSR count). The van der Waals surface area contributed by atoms with Gasteiger partial charge in [-0.2, -0.15) is 0 Å². The number of likely N-dealkylation sites (tertiary alicyclic amines) is 1. The summed E-state index contributed by atoms with van der Waals surface area (Å²) in [5, 5.41) is 3.31. The van der Waals surface area contributed by atoms with Crippen molar-refractivity contribution < 1.29 is 0 Å². The van der Waals surface area contributed by atoms with Gasteiger partial charge in [-0.3, -0.25) is 4.90 Å². The summed E-state index contributed by atoms with van der Waals surface area (Å²) in [5.41, 5.74) is 0. The average molecular weight is 317 g/mol. The minimum Gasteiger partial charge on any atom is -0.353 e. The molecule has 2 aliphatic heterocycles. The van der Waals surface area contributed by atoms with Crippen LogP contribution in [0, 0.1) is 5.92 Å². The van der Waals surface area contributed by atoms with Crippen LogP contribution < -0.4 is 4.90 Å². The average Bonchev–Trinajstić information content (AvgIpc) is 3.16. The molecule has 2 aromatic rings. The molecule has 2 saturated heterocycles. The lowest BCUT2D eigenvalue weighted by atomic mass is 10.1. The highest BCUT2D eigenvalue weighted by Crippen LogP contribution is 2.27. The first-order valence-corrected chi connectivity index (χ1v) is 9.01. The summed E-state index contributed by atoms with van der Waals surface area (Å²) in [6, 6.07) is 2.15. The number of hydrogen-bond acceptors (Lipinski definition) is 6. The number of hydrogen-bond donors (Lipinski definition) is 0. The number of thiophene rings is 1. The van der Waals surface area contributed by atoms with E-state index in [1.165, 1.54) is 31.4 Å². The van der Waals surface area contributed by atoms with Crippen molar-refractivity contribution in [3.8, 4) is 0 Å². The first-order chi connectivity index (χ1) is 10.8. The van der Waals surface area contributed by atoms with E-state index in [-0.39, 0.29) is 0 Å². The molecule has 22 heavy (non-hydrogen) atoms. The molecule has 4 heterocycles. The topological polar surface area (TPSA) is 35.5 Å². The standard InChI is InChI=1S/C16H23N5S/c1-19-4-2-13(10-19)11-20-5-7-21(8-6-20)15-14-3-9-22-16(14)18-12-17-15/h3,9,12-13H,2,4-8,10-11H2,1H3. The molecule has 6 heteroatoms. The Morgan fingerprint density at radius 3 is 2.82 bits per heavy atom. The van der Waals surface area contributed by atoms with Crippen molar-refractivity contribution in [2.75, 3.05) is 57.8 Å². The van der Waals surface area contributed by atoms with E-state index in [4.69, 9.17) is 0 Å². The summed E-state index contributed by atoms with van der Waals surface area (Å²) < 4.78 is 0. The van der Waals surface area contributed by atoms with Gasteiger partial charge in [-0.05, 0) is 37.4 Å². The van der Waals surface area contributed by atoms with Crippen LogP contribution in [0.1, 0.15) is 6.42 Å². The van der Waals surface area contributed by atoms with Crippen LogP contribution in [-0.2, 0) is 0 Å². The van der Waals surface area contributed by atoms with E-state index in [0.29, 0.717) is 0 Å². The third-order valence-corrected chi connectivity index (χ3v) is 5.74. The lowest BCUT2D eigenvalue weighted by Crippen LogP contribution is -2.48. The zero-order valence-electron chi connectivity index (χ0n) is 13.1. The highest BCUT2D eigenvalue weighted by molar-refractivity contribution is 7.16. The van der Waals surface area contributed by atoms with Crippen molar-refractivity contribution in [1.82, 2.24) is 19.8 Å². The summed E-state index contributed by atoms with van der Waals surface area (Å²) in [5.74, 6) is 1.98. The molecule has 0 aliphatic carbocycles. The number of rotatable bonds is 3. The van der Waals surface area contributed by atoms with E-state index in [9.17, 15) is 0 Å². The van der Waals surface area contributed by atoms with Gasteiger partial charge in [0.2, 0.25) is 0 Å². The van der Waals surface area contributed by atoms with Gasteiger partial charge in [0.1, 0.15) is 17.0 Å². The van der Waals surface area contributed by atoms with E-state index < -0.39 is 0 Å². The largest absolute Gasteiger partial charge is 0.353 e. The van der Waals surface area contributed by atoms with Crippen molar-refractivity contribution in [3.63, 3.8) is 0 Å². The minimum atomic E-state index is 0.860. The number of piperazine rings is 1. The van der Waals surface area contributed by atoms with Crippen LogP contribution >= 0.6 is 11.3 Å². The minimum absolute atomic E-state index is 0.860. The van der Waals surface area contributed by atoms with E-state index in [2.05, 4.69) is 43.2 Å². The Morgan fingerprint density at radius 2 is 2.05 bits per heavy atom. The fourth-order valence-electron chi connectivity index (χ4n) is 3.71. The molecule has 0 aromatic carbocycles. The summed E-state index contributed by atoms with van der Waals surface area (Å²) in [6.07, 6.45) is 3.06. The third-order valence-electron chi connectivity index (χ3n) is 4.92. The van der Waals surface area contributed by atoms with Crippen molar-refractivity contribution in [1.29, 1.82) is 0 Å². The molecule has 118 valence electrons. The monoisotopic (exact) mass is 317 g/mol. The Hall–Kier alpha value is -1.24. The van der Waals surface area contributed by atoms with Crippen molar-refractivity contribution in [2.24, 2.45) is 5.92 Å². The van der Waals surface area contributed by atoms with Crippen molar-refractivity contribution in [3.05, 3.63) is 17.8 Å². The number of nitrogens with zero attached hydrogens (tertiary/aromatic N) is 5. The van der Waals surface area contributed by atoms with Crippen LogP contribution in [0.4, 0.5) is 5.82 Å². The normalized spacial score (nSPS) is 24.4. The van der Waals surface area contributed by atoms with Gasteiger partial charge in [-0.25, -0.2) is 9.97 Å². The maximum absolute atomic E-state index is 4.54. The van der Waals surface area contributed by atoms with Gasteiger partial charge in [0, 0.05) is 39.3 Å². The maximum atomic E-state index is 4.54. The summed E-state index contributed by atoms with van der Waals surface area (Å²) >= 11 is 1.69. The van der Waals surface area contributed by atoms with Crippen LogP contribution in [0.3, 0.4) is 0 Å². The Kier molecular flexibility index (Phi) is 3.98. The van der Waals surface area contributed by atoms with Crippen LogP contribution in [-0.4, -0.2) is 72.6 Å². The van der Waals surface area contributed by atoms with Gasteiger partial charge < -0.3 is 9.80 Å². The molecule has 0 bridgehead atoms. The lowest BCUT2D eigenvalue weighted by molar-refractivity contribution is 0.218. The summed E-state index contributed by atoms with van der Waals surface area (Å²) in [4.78, 5) is 17.5. The summed E-state index contributed by atoms with van der Waals surface area (Å²) in [7, 11) is 2.24. The maximum Gasteiger partial charge on any atom is 0.140 e. The molecular formula is C16H23N5S. The number of anilines is 1. The summed E-state index contributed by atoms with van der Waals surface area (Å²) in [6.45, 7) is 8.24. The second-order valence-electron chi connectivity index (χ2n) is 6.54. The molecule has 0 radical (unpaired) electrons. The molecule has 1 atom stereocenters. The first kappa shape index (κ1) is 14.4. The quantitative estimate of drug-likeness (QED) is 0.862. The predicted octanol–water partition coefficient (Wildman–Crippen LogP) is 1.76. The zero-order chi connectivity index (χ0) is 14.9. The Labute approximate surface area is 135 Å². The van der Waals surface area contributed by atoms with Crippen LogP contribution in [0.2, 0.25) is 0 Å². The van der Waals surface area contributed by atoms with Gasteiger partial charge in [-0.1, -0.05) is 0 Å².